The summed E-state index contributed by atoms with van der Waals surface area (Å²) < 4.78 is 5.53. The molecular weight excluding hydrogens is 272 g/mol. The third-order valence-corrected chi connectivity index (χ3v) is 4.12. The number of ether oxygens (including phenoxy) is 1. The lowest BCUT2D eigenvalue weighted by molar-refractivity contribution is -0.140. The number of hydrogen-bond donors (Lipinski definition) is 0. The highest BCUT2D eigenvalue weighted by atomic mass is 16.6. The molecule has 1 aliphatic rings. The van der Waals surface area contributed by atoms with Crippen LogP contribution in [0.25, 0.3) is 5.57 Å². The van der Waals surface area contributed by atoms with Crippen molar-refractivity contribution in [3.05, 3.63) is 77.9 Å². The predicted octanol–water partition coefficient (Wildman–Crippen LogP) is 4.46. The second kappa shape index (κ2) is 5.80. The van der Waals surface area contributed by atoms with E-state index in [1.165, 1.54) is 0 Å². The van der Waals surface area contributed by atoms with Crippen LogP contribution in [0.1, 0.15) is 31.4 Å². The number of benzene rings is 2. The average molecular weight is 292 g/mol. The van der Waals surface area contributed by atoms with E-state index in [1.54, 1.807) is 0 Å². The molecular formula is C20H20O2. The SMILES string of the molecule is CC1(C)CC(=O)OC1C=C(c1ccccc1)c1ccccc1. The summed E-state index contributed by atoms with van der Waals surface area (Å²) in [4.78, 5) is 11.7. The molecule has 2 aromatic carbocycles. The molecule has 0 aliphatic carbocycles. The maximum atomic E-state index is 11.7. The van der Waals surface area contributed by atoms with Crippen molar-refractivity contribution in [2.24, 2.45) is 5.41 Å². The highest BCUT2D eigenvalue weighted by Gasteiger charge is 2.40. The summed E-state index contributed by atoms with van der Waals surface area (Å²) in [7, 11) is 0. The first-order valence-corrected chi connectivity index (χ1v) is 7.58. The van der Waals surface area contributed by atoms with Crippen LogP contribution in [0, 0.1) is 5.41 Å². The van der Waals surface area contributed by atoms with Crippen LogP contribution >= 0.6 is 0 Å². The minimum atomic E-state index is -0.199. The Bertz CT molecular complexity index is 643. The second-order valence-corrected chi connectivity index (χ2v) is 6.39. The van der Waals surface area contributed by atoms with Crippen molar-refractivity contribution in [2.75, 3.05) is 0 Å². The first kappa shape index (κ1) is 14.6. The van der Waals surface area contributed by atoms with Gasteiger partial charge in [-0.05, 0) is 22.8 Å². The van der Waals surface area contributed by atoms with E-state index in [1.807, 2.05) is 36.4 Å². The zero-order chi connectivity index (χ0) is 15.6. The molecule has 2 nitrogen and oxygen atoms in total. The van der Waals surface area contributed by atoms with E-state index in [4.69, 9.17) is 4.74 Å². The van der Waals surface area contributed by atoms with Crippen LogP contribution in [-0.4, -0.2) is 12.1 Å². The Kier molecular flexibility index (Phi) is 3.84. The first-order chi connectivity index (χ1) is 10.6. The van der Waals surface area contributed by atoms with Crippen molar-refractivity contribution in [3.63, 3.8) is 0 Å². The van der Waals surface area contributed by atoms with E-state index >= 15 is 0 Å². The number of carbonyl (C=O) groups is 1. The van der Waals surface area contributed by atoms with Crippen molar-refractivity contribution in [1.29, 1.82) is 0 Å². The lowest BCUT2D eigenvalue weighted by Crippen LogP contribution is -2.22. The van der Waals surface area contributed by atoms with E-state index in [2.05, 4.69) is 44.2 Å². The molecule has 1 unspecified atom stereocenters. The smallest absolute Gasteiger partial charge is 0.307 e. The standard InChI is InChI=1S/C20H20O2/c1-20(2)14-19(21)22-18(20)13-17(15-9-5-3-6-10-15)16-11-7-4-8-12-16/h3-13,18H,14H2,1-2H3. The second-order valence-electron chi connectivity index (χ2n) is 6.39. The van der Waals surface area contributed by atoms with Gasteiger partial charge in [0.25, 0.3) is 0 Å². The van der Waals surface area contributed by atoms with E-state index in [0.29, 0.717) is 6.42 Å². The average Bonchev–Trinajstić information content (AvgIpc) is 2.78. The lowest BCUT2D eigenvalue weighted by atomic mass is 9.83. The molecule has 0 N–H and O–H groups in total. The highest BCUT2D eigenvalue weighted by molar-refractivity contribution is 5.81. The normalized spacial score (nSPS) is 19.5. The number of cyclic esters (lactones) is 1. The largest absolute Gasteiger partial charge is 0.457 e. The molecule has 2 heteroatoms. The lowest BCUT2D eigenvalue weighted by Gasteiger charge is -2.22. The summed E-state index contributed by atoms with van der Waals surface area (Å²) in [5, 5.41) is 0. The minimum Gasteiger partial charge on any atom is -0.457 e. The zero-order valence-electron chi connectivity index (χ0n) is 13.0. The van der Waals surface area contributed by atoms with Gasteiger partial charge >= 0.3 is 5.97 Å². The molecule has 1 aliphatic heterocycles. The summed E-state index contributed by atoms with van der Waals surface area (Å²) in [6, 6.07) is 20.5. The Morgan fingerprint density at radius 3 is 1.91 bits per heavy atom. The molecule has 0 amide bonds. The molecule has 3 rings (SSSR count). The summed E-state index contributed by atoms with van der Waals surface area (Å²) in [6.45, 7) is 4.15. The first-order valence-electron chi connectivity index (χ1n) is 7.58. The van der Waals surface area contributed by atoms with Crippen LogP contribution in [-0.2, 0) is 9.53 Å². The molecule has 22 heavy (non-hydrogen) atoms. The van der Waals surface area contributed by atoms with Gasteiger partial charge in [0.2, 0.25) is 0 Å². The summed E-state index contributed by atoms with van der Waals surface area (Å²) in [6.07, 6.45) is 2.36. The molecule has 1 heterocycles. The van der Waals surface area contributed by atoms with Crippen molar-refractivity contribution in [2.45, 2.75) is 26.4 Å². The number of rotatable bonds is 3. The minimum absolute atomic E-state index is 0.119. The van der Waals surface area contributed by atoms with Gasteiger partial charge in [0.05, 0.1) is 6.42 Å². The van der Waals surface area contributed by atoms with Gasteiger partial charge < -0.3 is 4.74 Å². The Balaban J connectivity index is 2.07. The molecule has 0 aromatic heterocycles. The van der Waals surface area contributed by atoms with Crippen LogP contribution in [0.3, 0.4) is 0 Å². The van der Waals surface area contributed by atoms with Gasteiger partial charge in [-0.3, -0.25) is 4.79 Å². The number of carbonyl (C=O) groups excluding carboxylic acids is 1. The summed E-state index contributed by atoms with van der Waals surface area (Å²) in [5.74, 6) is -0.119. The molecule has 0 saturated carbocycles. The predicted molar refractivity (Wildman–Crippen MR) is 88.2 cm³/mol. The van der Waals surface area contributed by atoms with Crippen molar-refractivity contribution in [1.82, 2.24) is 0 Å². The molecule has 0 bridgehead atoms. The third-order valence-electron chi connectivity index (χ3n) is 4.12. The van der Waals surface area contributed by atoms with Crippen LogP contribution in [0.2, 0.25) is 0 Å². The summed E-state index contributed by atoms with van der Waals surface area (Å²) >= 11 is 0. The van der Waals surface area contributed by atoms with Gasteiger partial charge in [0.1, 0.15) is 6.10 Å². The molecule has 1 fully saturated rings. The molecule has 1 saturated heterocycles. The monoisotopic (exact) mass is 292 g/mol. The fourth-order valence-electron chi connectivity index (χ4n) is 2.82. The van der Waals surface area contributed by atoms with E-state index in [-0.39, 0.29) is 17.5 Å². The molecule has 0 radical (unpaired) electrons. The van der Waals surface area contributed by atoms with Gasteiger partial charge in [-0.15, -0.1) is 0 Å². The molecule has 2 aromatic rings. The Morgan fingerprint density at radius 1 is 1.00 bits per heavy atom. The number of hydrogen-bond acceptors (Lipinski definition) is 2. The van der Waals surface area contributed by atoms with Gasteiger partial charge in [-0.2, -0.15) is 0 Å². The Morgan fingerprint density at radius 2 is 1.50 bits per heavy atom. The van der Waals surface area contributed by atoms with E-state index in [0.717, 1.165) is 16.7 Å². The van der Waals surface area contributed by atoms with Crippen molar-refractivity contribution >= 4 is 11.5 Å². The van der Waals surface area contributed by atoms with Gasteiger partial charge in [0.15, 0.2) is 0 Å². The van der Waals surface area contributed by atoms with Gasteiger partial charge in [0, 0.05) is 5.41 Å². The van der Waals surface area contributed by atoms with Gasteiger partial charge in [-0.25, -0.2) is 0 Å². The summed E-state index contributed by atoms with van der Waals surface area (Å²) in [5.41, 5.74) is 3.19. The van der Waals surface area contributed by atoms with Crippen LogP contribution in [0.4, 0.5) is 0 Å². The maximum Gasteiger partial charge on any atom is 0.307 e. The molecule has 112 valence electrons. The maximum absolute atomic E-state index is 11.7. The molecule has 1 atom stereocenters. The van der Waals surface area contributed by atoms with Crippen LogP contribution in [0.5, 0.6) is 0 Å². The highest BCUT2D eigenvalue weighted by Crippen LogP contribution is 2.38. The van der Waals surface area contributed by atoms with Crippen molar-refractivity contribution in [3.8, 4) is 0 Å². The Labute approximate surface area is 131 Å². The van der Waals surface area contributed by atoms with Crippen LogP contribution < -0.4 is 0 Å². The van der Waals surface area contributed by atoms with E-state index < -0.39 is 0 Å². The fourth-order valence-corrected chi connectivity index (χ4v) is 2.82. The van der Waals surface area contributed by atoms with E-state index in [9.17, 15) is 4.79 Å². The Hall–Kier alpha value is -2.35. The van der Waals surface area contributed by atoms with Gasteiger partial charge in [-0.1, -0.05) is 74.5 Å². The fraction of sp³-hybridized carbons (Fsp3) is 0.250. The topological polar surface area (TPSA) is 26.3 Å². The molecule has 0 spiro atoms. The zero-order valence-corrected chi connectivity index (χ0v) is 13.0. The quantitative estimate of drug-likeness (QED) is 0.781. The van der Waals surface area contributed by atoms with Crippen molar-refractivity contribution < 1.29 is 9.53 Å². The van der Waals surface area contributed by atoms with Crippen LogP contribution in [0.15, 0.2) is 66.7 Å². The number of esters is 1. The third kappa shape index (κ3) is 2.96.